The molecule has 0 aliphatic carbocycles. The number of aromatic nitrogens is 3. The minimum Gasteiger partial charge on any atom is -0.458 e. The van der Waals surface area contributed by atoms with E-state index in [1.165, 1.54) is 36.4 Å². The summed E-state index contributed by atoms with van der Waals surface area (Å²) < 4.78 is 23.9. The van der Waals surface area contributed by atoms with Crippen molar-refractivity contribution in [1.82, 2.24) is 31.3 Å². The number of benzene rings is 2. The molecule has 2 aromatic heterocycles. The molecule has 2 heterocycles. The summed E-state index contributed by atoms with van der Waals surface area (Å²) in [6, 6.07) is 9.10. The lowest BCUT2D eigenvalue weighted by molar-refractivity contribution is -0.139. The molecule has 0 aliphatic heterocycles. The second kappa shape index (κ2) is 16.8. The molecule has 0 aliphatic rings. The molecule has 4 aromatic rings. The first kappa shape index (κ1) is 36.0. The first-order valence-electron chi connectivity index (χ1n) is 15.5. The van der Waals surface area contributed by atoms with Crippen LogP contribution in [0.3, 0.4) is 0 Å². The van der Waals surface area contributed by atoms with Gasteiger partial charge in [-0.05, 0) is 54.7 Å². The van der Waals surface area contributed by atoms with Crippen LogP contribution in [0.15, 0.2) is 71.4 Å². The summed E-state index contributed by atoms with van der Waals surface area (Å²) in [6.07, 6.45) is 4.03. The largest absolute Gasteiger partial charge is 0.458 e. The van der Waals surface area contributed by atoms with E-state index in [4.69, 9.17) is 15.0 Å². The fourth-order valence-corrected chi connectivity index (χ4v) is 4.83. The minimum absolute atomic E-state index is 0.0156. The van der Waals surface area contributed by atoms with E-state index < -0.39 is 59.5 Å². The molecule has 258 valence electrons. The molecule has 0 bridgehead atoms. The Balaban J connectivity index is 1.47. The van der Waals surface area contributed by atoms with E-state index in [1.54, 1.807) is 33.0 Å². The number of halogens is 1. The fraction of sp³-hybridized carbons (Fsp3) is 0.324. The van der Waals surface area contributed by atoms with E-state index in [0.717, 1.165) is 22.5 Å². The number of nitrogens with one attached hydrogen (secondary N) is 4. The molecular weight excluding hydrogens is 637 g/mol. The fourth-order valence-electron chi connectivity index (χ4n) is 4.83. The highest BCUT2D eigenvalue weighted by molar-refractivity contribution is 5.97. The molecule has 0 saturated heterocycles. The number of aromatic amines is 1. The van der Waals surface area contributed by atoms with Gasteiger partial charge in [-0.1, -0.05) is 43.3 Å². The lowest BCUT2D eigenvalue weighted by Crippen LogP contribution is -2.56. The van der Waals surface area contributed by atoms with E-state index in [1.807, 2.05) is 12.1 Å². The maximum absolute atomic E-state index is 13.7. The molecule has 0 fully saturated rings. The van der Waals surface area contributed by atoms with Gasteiger partial charge in [-0.2, -0.15) is 5.10 Å². The predicted molar refractivity (Wildman–Crippen MR) is 175 cm³/mol. The zero-order valence-electron chi connectivity index (χ0n) is 27.2. The molecule has 14 nitrogen and oxygen atoms in total. The van der Waals surface area contributed by atoms with Gasteiger partial charge in [0.25, 0.3) is 5.91 Å². The van der Waals surface area contributed by atoms with Gasteiger partial charge in [0, 0.05) is 36.4 Å². The molecule has 2 aromatic carbocycles. The Kier molecular flexibility index (Phi) is 12.3. The summed E-state index contributed by atoms with van der Waals surface area (Å²) in [5.41, 5.74) is 7.44. The van der Waals surface area contributed by atoms with E-state index in [9.17, 15) is 28.4 Å². The number of H-pyrrole nitrogens is 1. The van der Waals surface area contributed by atoms with Crippen molar-refractivity contribution in [3.63, 3.8) is 0 Å². The molecule has 0 radical (unpaired) electrons. The monoisotopic (exact) mass is 675 g/mol. The highest BCUT2D eigenvalue weighted by atomic mass is 19.1. The third-order valence-corrected chi connectivity index (χ3v) is 7.46. The molecular formula is C34H38FN7O7. The van der Waals surface area contributed by atoms with Crippen molar-refractivity contribution >= 4 is 40.5 Å². The van der Waals surface area contributed by atoms with E-state index in [-0.39, 0.29) is 31.6 Å². The maximum Gasteiger partial charge on any atom is 0.330 e. The summed E-state index contributed by atoms with van der Waals surface area (Å²) in [5.74, 6) is -3.76. The lowest BCUT2D eigenvalue weighted by atomic mass is 10.00. The van der Waals surface area contributed by atoms with Gasteiger partial charge in [0.1, 0.15) is 30.3 Å². The molecule has 4 amide bonds. The zero-order chi connectivity index (χ0) is 35.5. The summed E-state index contributed by atoms with van der Waals surface area (Å²) >= 11 is 0. The first-order chi connectivity index (χ1) is 23.4. The first-order valence-corrected chi connectivity index (χ1v) is 15.5. The van der Waals surface area contributed by atoms with Gasteiger partial charge in [-0.25, -0.2) is 9.18 Å². The standard InChI is InChI=1S/C34H38FN7O7/c1-19(2)31(40-33(46)28-14-20(3)49-42-28)34(47)39-27(16-21-4-7-24(35)8-5-21)32(45)38-25(9-12-29(36)43)10-13-30(44)48-18-22-6-11-26-23(15-22)17-37-41-26/h4-8,10-11,13-15,17,19,25,27,31H,9,12,16,18H2,1-3H3,(H2,36,43)(H,37,41)(H,38,45)(H,39,47)(H,40,46)/b13-10+/t25-,27+,31+/m1/s1. The number of carbonyl (C=O) groups excluding carboxylic acids is 5. The lowest BCUT2D eigenvalue weighted by Gasteiger charge is -2.26. The van der Waals surface area contributed by atoms with Gasteiger partial charge >= 0.3 is 5.97 Å². The Labute approximate surface area is 281 Å². The van der Waals surface area contributed by atoms with Crippen molar-refractivity contribution in [2.75, 3.05) is 0 Å². The van der Waals surface area contributed by atoms with Gasteiger partial charge in [-0.15, -0.1) is 0 Å². The number of nitrogens with two attached hydrogens (primary N) is 1. The smallest absolute Gasteiger partial charge is 0.330 e. The maximum atomic E-state index is 13.7. The number of ether oxygens (including phenoxy) is 1. The molecule has 6 N–H and O–H groups in total. The molecule has 0 spiro atoms. The third-order valence-electron chi connectivity index (χ3n) is 7.46. The number of esters is 1. The van der Waals surface area contributed by atoms with Gasteiger partial charge in [0.05, 0.1) is 11.7 Å². The van der Waals surface area contributed by atoms with Crippen LogP contribution < -0.4 is 21.7 Å². The second-order valence-electron chi connectivity index (χ2n) is 11.8. The van der Waals surface area contributed by atoms with Crippen molar-refractivity contribution < 1.29 is 37.6 Å². The number of fused-ring (bicyclic) bond motifs is 1. The Morgan fingerprint density at radius 3 is 2.41 bits per heavy atom. The van der Waals surface area contributed by atoms with Crippen LogP contribution in [0.5, 0.6) is 0 Å². The Morgan fingerprint density at radius 1 is 1.00 bits per heavy atom. The average Bonchev–Trinajstić information content (AvgIpc) is 3.72. The number of primary amides is 1. The molecule has 49 heavy (non-hydrogen) atoms. The van der Waals surface area contributed by atoms with E-state index in [2.05, 4.69) is 31.3 Å². The van der Waals surface area contributed by atoms with Crippen LogP contribution in [0.25, 0.3) is 10.9 Å². The number of amides is 4. The highest BCUT2D eigenvalue weighted by Gasteiger charge is 2.30. The number of hydrogen-bond acceptors (Lipinski definition) is 9. The summed E-state index contributed by atoms with van der Waals surface area (Å²) in [4.78, 5) is 64.2. The minimum atomic E-state index is -1.21. The van der Waals surface area contributed by atoms with Crippen LogP contribution in [-0.2, 0) is 36.9 Å². The van der Waals surface area contributed by atoms with Crippen LogP contribution in [0.2, 0.25) is 0 Å². The van der Waals surface area contributed by atoms with Crippen molar-refractivity contribution in [2.45, 2.75) is 64.8 Å². The van der Waals surface area contributed by atoms with Crippen molar-refractivity contribution in [3.05, 3.63) is 95.3 Å². The van der Waals surface area contributed by atoms with Crippen LogP contribution in [0.1, 0.15) is 54.1 Å². The molecule has 4 rings (SSSR count). The molecule has 15 heteroatoms. The number of nitrogens with zero attached hydrogens (tertiary/aromatic N) is 2. The van der Waals surface area contributed by atoms with Crippen LogP contribution >= 0.6 is 0 Å². The van der Waals surface area contributed by atoms with Crippen molar-refractivity contribution in [3.8, 4) is 0 Å². The highest BCUT2D eigenvalue weighted by Crippen LogP contribution is 2.14. The topological polar surface area (TPSA) is 211 Å². The Morgan fingerprint density at radius 2 is 1.73 bits per heavy atom. The van der Waals surface area contributed by atoms with Gasteiger partial charge in [-0.3, -0.25) is 24.3 Å². The zero-order valence-corrected chi connectivity index (χ0v) is 27.2. The van der Waals surface area contributed by atoms with Crippen LogP contribution in [0.4, 0.5) is 4.39 Å². The SMILES string of the molecule is Cc1cc(C(=O)N[C@H](C(=O)N[C@@H](Cc2ccc(F)cc2)C(=O)N[C@@H](/C=C/C(=O)OCc2ccc3[nH]ncc3c2)CCC(N)=O)C(C)C)no1. The Bertz CT molecular complexity index is 1820. The van der Waals surface area contributed by atoms with E-state index >= 15 is 0 Å². The Hall–Kier alpha value is -5.86. The number of rotatable bonds is 16. The molecule has 0 unspecified atom stereocenters. The van der Waals surface area contributed by atoms with Crippen LogP contribution in [-0.4, -0.2) is 63.1 Å². The van der Waals surface area contributed by atoms with Gasteiger partial charge in [0.2, 0.25) is 17.7 Å². The van der Waals surface area contributed by atoms with Gasteiger partial charge < -0.3 is 30.9 Å². The third kappa shape index (κ3) is 10.8. The molecule has 3 atom stereocenters. The van der Waals surface area contributed by atoms with Crippen LogP contribution in [0, 0.1) is 18.7 Å². The predicted octanol–water partition coefficient (Wildman–Crippen LogP) is 2.53. The number of carbonyl (C=O) groups is 5. The van der Waals surface area contributed by atoms with E-state index in [0.29, 0.717) is 11.3 Å². The van der Waals surface area contributed by atoms with Gasteiger partial charge in [0.15, 0.2) is 5.69 Å². The quantitative estimate of drug-likeness (QED) is 0.0871. The van der Waals surface area contributed by atoms with Crippen molar-refractivity contribution in [1.29, 1.82) is 0 Å². The number of hydrogen-bond donors (Lipinski definition) is 5. The normalized spacial score (nSPS) is 13.2. The summed E-state index contributed by atoms with van der Waals surface area (Å²) in [7, 11) is 0. The summed E-state index contributed by atoms with van der Waals surface area (Å²) in [5, 5.41) is 19.4. The average molecular weight is 676 g/mol. The molecule has 0 saturated carbocycles. The summed E-state index contributed by atoms with van der Waals surface area (Å²) in [6.45, 7) is 5.03. The number of aryl methyl sites for hydroxylation is 1. The van der Waals surface area contributed by atoms with Crippen molar-refractivity contribution in [2.24, 2.45) is 11.7 Å². The second-order valence-corrected chi connectivity index (χ2v) is 11.8.